The fourth-order valence-corrected chi connectivity index (χ4v) is 1.57. The van der Waals surface area contributed by atoms with E-state index in [4.69, 9.17) is 0 Å². The Labute approximate surface area is 109 Å². The maximum atomic E-state index is 13.9. The van der Waals surface area contributed by atoms with Crippen LogP contribution >= 0.6 is 0 Å². The Balaban J connectivity index is 3.21. The molecule has 1 aromatic rings. The predicted octanol–water partition coefficient (Wildman–Crippen LogP) is 2.21. The molecule has 0 radical (unpaired) electrons. The zero-order valence-electron chi connectivity index (χ0n) is 10.6. The third-order valence-corrected chi connectivity index (χ3v) is 2.46. The minimum absolute atomic E-state index is 0.162. The number of carbonyl (C=O) groups is 1. The first-order valence-electron chi connectivity index (χ1n) is 5.42. The van der Waals surface area contributed by atoms with Crippen molar-refractivity contribution in [2.75, 3.05) is 13.7 Å². The Kier molecular flexibility index (Phi) is 5.00. The van der Waals surface area contributed by atoms with Gasteiger partial charge in [-0.2, -0.15) is 4.39 Å². The number of aliphatic hydroxyl groups is 1. The predicted molar refractivity (Wildman–Crippen MR) is 64.6 cm³/mol. The van der Waals surface area contributed by atoms with Crippen LogP contribution in [0.3, 0.4) is 0 Å². The van der Waals surface area contributed by atoms with Crippen molar-refractivity contribution in [2.45, 2.75) is 13.0 Å². The number of aliphatic hydroxyl groups excluding tert-OH is 1. The molecule has 0 aromatic heterocycles. The average Bonchev–Trinajstić information content (AvgIpc) is 2.38. The first-order valence-corrected chi connectivity index (χ1v) is 5.42. The van der Waals surface area contributed by atoms with E-state index in [1.165, 1.54) is 19.3 Å². The van der Waals surface area contributed by atoms with Crippen molar-refractivity contribution in [1.29, 1.82) is 0 Å². The van der Waals surface area contributed by atoms with E-state index in [0.717, 1.165) is 6.92 Å². The first-order chi connectivity index (χ1) is 8.92. The van der Waals surface area contributed by atoms with Gasteiger partial charge in [0.25, 0.3) is 0 Å². The van der Waals surface area contributed by atoms with Crippen LogP contribution < -0.4 is 4.74 Å². The highest BCUT2D eigenvalue weighted by molar-refractivity contribution is 5.66. The number of benzene rings is 1. The molecule has 0 saturated heterocycles. The summed E-state index contributed by atoms with van der Waals surface area (Å²) >= 11 is 0. The van der Waals surface area contributed by atoms with Crippen LogP contribution in [-0.2, 0) is 9.53 Å². The molecule has 6 heteroatoms. The molecule has 0 heterocycles. The molecule has 0 aliphatic heterocycles. The number of ether oxygens (including phenoxy) is 2. The van der Waals surface area contributed by atoms with E-state index in [1.807, 2.05) is 0 Å². The molecule has 0 aliphatic rings. The van der Waals surface area contributed by atoms with Crippen LogP contribution in [0.2, 0.25) is 0 Å². The molecule has 19 heavy (non-hydrogen) atoms. The van der Waals surface area contributed by atoms with Crippen LogP contribution in [0.25, 0.3) is 6.08 Å². The molecule has 0 saturated carbocycles. The standard InChI is InChI=1S/C13H14F2O4/c1-4-8-5-10(18-3)12(14)13(15)11(8)9(17)6-19-7(2)16/h4-5,9,17H,1,6H2,2-3H3. The summed E-state index contributed by atoms with van der Waals surface area (Å²) < 4.78 is 36.7. The molecule has 0 fully saturated rings. The number of methoxy groups -OCH3 is 1. The normalized spacial score (nSPS) is 11.8. The molecule has 1 atom stereocenters. The lowest BCUT2D eigenvalue weighted by Gasteiger charge is -2.16. The van der Waals surface area contributed by atoms with Gasteiger partial charge in [0, 0.05) is 12.5 Å². The average molecular weight is 272 g/mol. The van der Waals surface area contributed by atoms with Gasteiger partial charge in [0.15, 0.2) is 11.6 Å². The second-order valence-electron chi connectivity index (χ2n) is 3.73. The molecule has 0 spiro atoms. The summed E-state index contributed by atoms with van der Waals surface area (Å²) in [5.41, 5.74) is -0.162. The molecule has 1 N–H and O–H groups in total. The summed E-state index contributed by atoms with van der Waals surface area (Å²) in [6, 6.07) is 1.21. The van der Waals surface area contributed by atoms with Crippen LogP contribution in [0, 0.1) is 11.6 Å². The van der Waals surface area contributed by atoms with E-state index >= 15 is 0 Å². The topological polar surface area (TPSA) is 55.8 Å². The smallest absolute Gasteiger partial charge is 0.302 e. The van der Waals surface area contributed by atoms with Crippen LogP contribution in [-0.4, -0.2) is 24.8 Å². The number of hydrogen-bond acceptors (Lipinski definition) is 4. The second kappa shape index (κ2) is 6.29. The van der Waals surface area contributed by atoms with E-state index in [-0.39, 0.29) is 16.9 Å². The number of hydrogen-bond donors (Lipinski definition) is 1. The van der Waals surface area contributed by atoms with Crippen molar-refractivity contribution in [1.82, 2.24) is 0 Å². The fraction of sp³-hybridized carbons (Fsp3) is 0.308. The third kappa shape index (κ3) is 3.29. The zero-order chi connectivity index (χ0) is 14.6. The Morgan fingerprint density at radius 1 is 1.53 bits per heavy atom. The minimum Gasteiger partial charge on any atom is -0.494 e. The summed E-state index contributed by atoms with van der Waals surface area (Å²) in [4.78, 5) is 10.6. The maximum Gasteiger partial charge on any atom is 0.302 e. The van der Waals surface area contributed by atoms with E-state index in [2.05, 4.69) is 16.1 Å². The van der Waals surface area contributed by atoms with Gasteiger partial charge in [-0.05, 0) is 11.6 Å². The molecular weight excluding hydrogens is 258 g/mol. The number of carbonyl (C=O) groups excluding carboxylic acids is 1. The molecule has 4 nitrogen and oxygen atoms in total. The first kappa shape index (κ1) is 15.1. The summed E-state index contributed by atoms with van der Waals surface area (Å²) in [6.07, 6.45) is -0.241. The van der Waals surface area contributed by atoms with E-state index in [1.54, 1.807) is 0 Å². The summed E-state index contributed by atoms with van der Waals surface area (Å²) in [7, 11) is 1.19. The molecule has 104 valence electrons. The molecular formula is C13H14F2O4. The van der Waals surface area contributed by atoms with Gasteiger partial charge in [0.05, 0.1) is 7.11 Å². The lowest BCUT2D eigenvalue weighted by molar-refractivity contribution is -0.144. The van der Waals surface area contributed by atoms with Crippen molar-refractivity contribution in [3.8, 4) is 5.75 Å². The van der Waals surface area contributed by atoms with Crippen molar-refractivity contribution in [3.63, 3.8) is 0 Å². The van der Waals surface area contributed by atoms with Crippen molar-refractivity contribution >= 4 is 12.0 Å². The van der Waals surface area contributed by atoms with Crippen molar-refractivity contribution in [2.24, 2.45) is 0 Å². The van der Waals surface area contributed by atoms with Crippen LogP contribution in [0.1, 0.15) is 24.2 Å². The highest BCUT2D eigenvalue weighted by Crippen LogP contribution is 2.31. The lowest BCUT2D eigenvalue weighted by atomic mass is 10.0. The monoisotopic (exact) mass is 272 g/mol. The maximum absolute atomic E-state index is 13.9. The van der Waals surface area contributed by atoms with Gasteiger partial charge >= 0.3 is 5.97 Å². The SMILES string of the molecule is C=Cc1cc(OC)c(F)c(F)c1C(O)COC(C)=O. The van der Waals surface area contributed by atoms with Gasteiger partial charge in [-0.1, -0.05) is 12.7 Å². The highest BCUT2D eigenvalue weighted by atomic mass is 19.2. The van der Waals surface area contributed by atoms with Gasteiger partial charge in [-0.3, -0.25) is 4.79 Å². The van der Waals surface area contributed by atoms with E-state index < -0.39 is 30.3 Å². The van der Waals surface area contributed by atoms with E-state index in [0.29, 0.717) is 0 Å². The Bertz CT molecular complexity index is 500. The van der Waals surface area contributed by atoms with Crippen molar-refractivity contribution < 1.29 is 28.2 Å². The van der Waals surface area contributed by atoms with Crippen LogP contribution in [0.15, 0.2) is 12.6 Å². The van der Waals surface area contributed by atoms with Gasteiger partial charge in [-0.15, -0.1) is 0 Å². The molecule has 1 aromatic carbocycles. The van der Waals surface area contributed by atoms with Gasteiger partial charge in [0.2, 0.25) is 5.82 Å². The molecule has 0 amide bonds. The van der Waals surface area contributed by atoms with Gasteiger partial charge in [-0.25, -0.2) is 4.39 Å². The van der Waals surface area contributed by atoms with Gasteiger partial charge in [0.1, 0.15) is 12.7 Å². The molecule has 0 aliphatic carbocycles. The second-order valence-corrected chi connectivity index (χ2v) is 3.73. The van der Waals surface area contributed by atoms with Gasteiger partial charge < -0.3 is 14.6 Å². The van der Waals surface area contributed by atoms with Crippen LogP contribution in [0.5, 0.6) is 5.75 Å². The Morgan fingerprint density at radius 2 is 2.16 bits per heavy atom. The molecule has 1 unspecified atom stereocenters. The zero-order valence-corrected chi connectivity index (χ0v) is 10.6. The summed E-state index contributed by atoms with van der Waals surface area (Å²) in [6.45, 7) is 4.12. The molecule has 0 bridgehead atoms. The fourth-order valence-electron chi connectivity index (χ4n) is 1.57. The lowest BCUT2D eigenvalue weighted by Crippen LogP contribution is -2.14. The summed E-state index contributed by atoms with van der Waals surface area (Å²) in [5, 5.41) is 9.78. The number of rotatable bonds is 5. The Morgan fingerprint density at radius 3 is 2.63 bits per heavy atom. The van der Waals surface area contributed by atoms with Crippen LogP contribution in [0.4, 0.5) is 8.78 Å². The van der Waals surface area contributed by atoms with Crippen molar-refractivity contribution in [3.05, 3.63) is 35.4 Å². The van der Waals surface area contributed by atoms with E-state index in [9.17, 15) is 18.7 Å². The quantitative estimate of drug-likeness (QED) is 0.835. The number of esters is 1. The minimum atomic E-state index is -1.49. The molecule has 1 rings (SSSR count). The largest absolute Gasteiger partial charge is 0.494 e. The Hall–Kier alpha value is -1.95. The highest BCUT2D eigenvalue weighted by Gasteiger charge is 2.23. The number of halogens is 2. The summed E-state index contributed by atoms with van der Waals surface area (Å²) in [5.74, 6) is -3.40. The third-order valence-electron chi connectivity index (χ3n) is 2.46.